The molecule has 0 unspecified atom stereocenters. The summed E-state index contributed by atoms with van der Waals surface area (Å²) in [4.78, 5) is 10.6. The van der Waals surface area contributed by atoms with Gasteiger partial charge < -0.3 is 11.1 Å². The average Bonchev–Trinajstić information content (AvgIpc) is 1.87. The van der Waals surface area contributed by atoms with E-state index in [0.717, 1.165) is 0 Å². The molecule has 10 heavy (non-hydrogen) atoms. The molecule has 0 atom stereocenters. The zero-order chi connectivity index (χ0) is 7.98. The molecule has 0 aromatic heterocycles. The summed E-state index contributed by atoms with van der Waals surface area (Å²) in [7, 11) is 0. The number of carbonyl (C=O) groups is 1. The SMILES string of the molecule is C=C(N)CCNC(=O)CC. The first-order valence-electron chi connectivity index (χ1n) is 3.36. The summed E-state index contributed by atoms with van der Waals surface area (Å²) in [6.45, 7) is 5.92. The van der Waals surface area contributed by atoms with E-state index < -0.39 is 0 Å². The molecule has 0 fully saturated rings. The normalized spacial score (nSPS) is 8.90. The molecular formula is C7H14N2O. The molecule has 1 amide bonds. The van der Waals surface area contributed by atoms with Gasteiger partial charge in [-0.2, -0.15) is 0 Å². The van der Waals surface area contributed by atoms with Crippen LogP contribution in [0.25, 0.3) is 0 Å². The van der Waals surface area contributed by atoms with Gasteiger partial charge in [-0.1, -0.05) is 13.5 Å². The predicted molar refractivity (Wildman–Crippen MR) is 41.2 cm³/mol. The van der Waals surface area contributed by atoms with Gasteiger partial charge in [-0.05, 0) is 0 Å². The van der Waals surface area contributed by atoms with Crippen molar-refractivity contribution in [2.75, 3.05) is 6.54 Å². The third-order valence-electron chi connectivity index (χ3n) is 1.09. The molecule has 3 N–H and O–H groups in total. The van der Waals surface area contributed by atoms with E-state index in [-0.39, 0.29) is 5.91 Å². The fourth-order valence-electron chi connectivity index (χ4n) is 0.487. The van der Waals surface area contributed by atoms with Crippen LogP contribution in [0.4, 0.5) is 0 Å². The average molecular weight is 142 g/mol. The van der Waals surface area contributed by atoms with Gasteiger partial charge >= 0.3 is 0 Å². The second-order valence-electron chi connectivity index (χ2n) is 2.11. The van der Waals surface area contributed by atoms with Crippen LogP contribution < -0.4 is 11.1 Å². The number of nitrogens with one attached hydrogen (secondary N) is 1. The van der Waals surface area contributed by atoms with Crippen molar-refractivity contribution in [3.8, 4) is 0 Å². The molecule has 0 aliphatic carbocycles. The van der Waals surface area contributed by atoms with Crippen molar-refractivity contribution in [2.24, 2.45) is 5.73 Å². The maximum absolute atomic E-state index is 10.6. The van der Waals surface area contributed by atoms with Crippen LogP contribution in [0, 0.1) is 0 Å². The molecule has 0 rings (SSSR count). The first-order valence-corrected chi connectivity index (χ1v) is 3.36. The Hall–Kier alpha value is -0.990. The van der Waals surface area contributed by atoms with Crippen molar-refractivity contribution < 1.29 is 4.79 Å². The van der Waals surface area contributed by atoms with Gasteiger partial charge in [0.1, 0.15) is 0 Å². The largest absolute Gasteiger partial charge is 0.402 e. The number of rotatable bonds is 4. The fraction of sp³-hybridized carbons (Fsp3) is 0.571. The Morgan fingerprint density at radius 2 is 2.30 bits per heavy atom. The molecule has 0 saturated heterocycles. The second-order valence-corrected chi connectivity index (χ2v) is 2.11. The summed E-state index contributed by atoms with van der Waals surface area (Å²) in [5.74, 6) is 0.0567. The number of amides is 1. The summed E-state index contributed by atoms with van der Waals surface area (Å²) in [5, 5.41) is 2.68. The first kappa shape index (κ1) is 9.01. The summed E-state index contributed by atoms with van der Waals surface area (Å²) < 4.78 is 0. The minimum absolute atomic E-state index is 0.0567. The van der Waals surface area contributed by atoms with Crippen molar-refractivity contribution in [1.29, 1.82) is 0 Å². The minimum Gasteiger partial charge on any atom is -0.402 e. The molecule has 0 aliphatic heterocycles. The van der Waals surface area contributed by atoms with Crippen LogP contribution in [0.5, 0.6) is 0 Å². The van der Waals surface area contributed by atoms with Gasteiger partial charge in [0.15, 0.2) is 0 Å². The molecule has 58 valence electrons. The zero-order valence-corrected chi connectivity index (χ0v) is 6.31. The van der Waals surface area contributed by atoms with E-state index in [2.05, 4.69) is 11.9 Å². The fourth-order valence-corrected chi connectivity index (χ4v) is 0.487. The molecule has 0 aromatic carbocycles. The standard InChI is InChI=1S/C7H14N2O/c1-3-7(10)9-5-4-6(2)8/h2-5,8H2,1H3,(H,9,10). The molecular weight excluding hydrogens is 128 g/mol. The lowest BCUT2D eigenvalue weighted by Crippen LogP contribution is -2.24. The van der Waals surface area contributed by atoms with Gasteiger partial charge in [0.2, 0.25) is 5.91 Å². The molecule has 0 spiro atoms. The molecule has 0 radical (unpaired) electrons. The lowest BCUT2D eigenvalue weighted by Gasteiger charge is -2.01. The van der Waals surface area contributed by atoms with Crippen LogP contribution in [0.3, 0.4) is 0 Å². The highest BCUT2D eigenvalue weighted by atomic mass is 16.1. The Kier molecular flexibility index (Phi) is 4.37. The third-order valence-corrected chi connectivity index (χ3v) is 1.09. The van der Waals surface area contributed by atoms with Crippen molar-refractivity contribution in [3.05, 3.63) is 12.3 Å². The van der Waals surface area contributed by atoms with Crippen LogP contribution >= 0.6 is 0 Å². The summed E-state index contributed by atoms with van der Waals surface area (Å²) in [6.07, 6.45) is 1.18. The van der Waals surface area contributed by atoms with Gasteiger partial charge in [0.25, 0.3) is 0 Å². The Balaban J connectivity index is 3.20. The van der Waals surface area contributed by atoms with E-state index >= 15 is 0 Å². The highest BCUT2D eigenvalue weighted by molar-refractivity contribution is 5.75. The van der Waals surface area contributed by atoms with Gasteiger partial charge in [-0.3, -0.25) is 4.79 Å². The lowest BCUT2D eigenvalue weighted by molar-refractivity contribution is -0.120. The molecule has 3 heteroatoms. The molecule has 0 bridgehead atoms. The Labute approximate surface area is 61.3 Å². The van der Waals surface area contributed by atoms with Crippen molar-refractivity contribution >= 4 is 5.91 Å². The quantitative estimate of drug-likeness (QED) is 0.596. The number of nitrogens with two attached hydrogens (primary N) is 1. The maximum atomic E-state index is 10.6. The highest BCUT2D eigenvalue weighted by Gasteiger charge is 1.93. The zero-order valence-electron chi connectivity index (χ0n) is 6.31. The van der Waals surface area contributed by atoms with Crippen LogP contribution in [0.2, 0.25) is 0 Å². The minimum atomic E-state index is 0.0567. The molecule has 3 nitrogen and oxygen atoms in total. The van der Waals surface area contributed by atoms with E-state index in [4.69, 9.17) is 5.73 Å². The van der Waals surface area contributed by atoms with E-state index in [1.54, 1.807) is 0 Å². The van der Waals surface area contributed by atoms with Gasteiger partial charge in [0.05, 0.1) is 0 Å². The van der Waals surface area contributed by atoms with E-state index in [9.17, 15) is 4.79 Å². The lowest BCUT2D eigenvalue weighted by atomic mass is 10.3. The van der Waals surface area contributed by atoms with E-state index in [0.29, 0.717) is 25.1 Å². The topological polar surface area (TPSA) is 55.1 Å². The summed E-state index contributed by atoms with van der Waals surface area (Å²) >= 11 is 0. The van der Waals surface area contributed by atoms with E-state index in [1.165, 1.54) is 0 Å². The van der Waals surface area contributed by atoms with Gasteiger partial charge in [-0.15, -0.1) is 0 Å². The second kappa shape index (κ2) is 4.85. The van der Waals surface area contributed by atoms with Gasteiger partial charge in [0, 0.05) is 25.1 Å². The highest BCUT2D eigenvalue weighted by Crippen LogP contribution is 1.84. The Bertz CT molecular complexity index is 132. The molecule has 0 saturated carbocycles. The van der Waals surface area contributed by atoms with Crippen molar-refractivity contribution in [1.82, 2.24) is 5.32 Å². The van der Waals surface area contributed by atoms with Crippen LogP contribution in [-0.2, 0) is 4.79 Å². The number of hydrogen-bond acceptors (Lipinski definition) is 2. The van der Waals surface area contributed by atoms with Crippen LogP contribution in [0.15, 0.2) is 12.3 Å². The van der Waals surface area contributed by atoms with E-state index in [1.807, 2.05) is 6.92 Å². The number of carbonyl (C=O) groups excluding carboxylic acids is 1. The summed E-state index contributed by atoms with van der Waals surface area (Å²) in [6, 6.07) is 0. The smallest absolute Gasteiger partial charge is 0.219 e. The van der Waals surface area contributed by atoms with Crippen LogP contribution in [-0.4, -0.2) is 12.5 Å². The molecule has 0 aromatic rings. The van der Waals surface area contributed by atoms with Crippen LogP contribution in [0.1, 0.15) is 19.8 Å². The Morgan fingerprint density at radius 1 is 1.70 bits per heavy atom. The maximum Gasteiger partial charge on any atom is 0.219 e. The number of hydrogen-bond donors (Lipinski definition) is 2. The molecule has 0 aliphatic rings. The predicted octanol–water partition coefficient (Wildman–Crippen LogP) is 0.375. The summed E-state index contributed by atoms with van der Waals surface area (Å²) in [5.41, 5.74) is 5.88. The van der Waals surface area contributed by atoms with Crippen molar-refractivity contribution in [3.63, 3.8) is 0 Å². The van der Waals surface area contributed by atoms with Gasteiger partial charge in [-0.25, -0.2) is 0 Å². The first-order chi connectivity index (χ1) is 4.66. The molecule has 0 heterocycles. The third kappa shape index (κ3) is 5.15. The Morgan fingerprint density at radius 3 is 2.70 bits per heavy atom. The van der Waals surface area contributed by atoms with Crippen molar-refractivity contribution in [2.45, 2.75) is 19.8 Å². The monoisotopic (exact) mass is 142 g/mol.